The number of hydrogen-bond acceptors (Lipinski definition) is 4. The lowest BCUT2D eigenvalue weighted by molar-refractivity contribution is 0.318. The first-order chi connectivity index (χ1) is 6.72. The van der Waals surface area contributed by atoms with Gasteiger partial charge in [0, 0.05) is 0 Å². The van der Waals surface area contributed by atoms with E-state index >= 15 is 0 Å². The average molecular weight is 191 g/mol. The molecule has 0 radical (unpaired) electrons. The highest BCUT2D eigenvalue weighted by atomic mass is 16.4. The molecule has 3 N–H and O–H groups in total. The molecule has 72 valence electrons. The van der Waals surface area contributed by atoms with Crippen molar-refractivity contribution in [2.24, 2.45) is 10.9 Å². The van der Waals surface area contributed by atoms with Crippen LogP contribution in [0.5, 0.6) is 0 Å². The highest BCUT2D eigenvalue weighted by Gasteiger charge is 2.07. The summed E-state index contributed by atoms with van der Waals surface area (Å²) in [5, 5.41) is 15.6. The van der Waals surface area contributed by atoms with Crippen LogP contribution in [0.15, 0.2) is 23.4 Å². The summed E-state index contributed by atoms with van der Waals surface area (Å²) in [6.45, 7) is 1.78. The Bertz CT molecular complexity index is 501. The van der Waals surface area contributed by atoms with Crippen molar-refractivity contribution >= 4 is 11.5 Å². The van der Waals surface area contributed by atoms with Gasteiger partial charge in [0.05, 0.1) is 0 Å². The fraction of sp³-hybridized carbons (Fsp3) is 0.125. The van der Waals surface area contributed by atoms with Crippen molar-refractivity contribution in [1.29, 1.82) is 0 Å². The van der Waals surface area contributed by atoms with Gasteiger partial charge in [0.15, 0.2) is 11.5 Å². The number of oxime groups is 1. The number of amidine groups is 1. The summed E-state index contributed by atoms with van der Waals surface area (Å²) >= 11 is 0. The number of rotatable bonds is 1. The van der Waals surface area contributed by atoms with Crippen molar-refractivity contribution in [2.45, 2.75) is 6.92 Å². The Morgan fingerprint density at radius 1 is 1.57 bits per heavy atom. The van der Waals surface area contributed by atoms with Gasteiger partial charge < -0.3 is 10.9 Å². The second kappa shape index (κ2) is 2.99. The van der Waals surface area contributed by atoms with Gasteiger partial charge in [-0.15, -0.1) is 0 Å². The van der Waals surface area contributed by atoms with Crippen molar-refractivity contribution in [2.75, 3.05) is 0 Å². The van der Waals surface area contributed by atoms with E-state index in [0.717, 1.165) is 0 Å². The lowest BCUT2D eigenvalue weighted by Gasteiger charge is -2.00. The Balaban J connectivity index is 2.76. The molecule has 2 aromatic heterocycles. The third kappa shape index (κ3) is 1.17. The molecular formula is C8H9N5O. The minimum atomic E-state index is 0.0144. The molecule has 0 aliphatic heterocycles. The zero-order valence-electron chi connectivity index (χ0n) is 7.55. The predicted molar refractivity (Wildman–Crippen MR) is 50.2 cm³/mol. The van der Waals surface area contributed by atoms with E-state index in [9.17, 15) is 0 Å². The lowest BCUT2D eigenvalue weighted by atomic mass is 10.3. The second-order valence-corrected chi connectivity index (χ2v) is 2.83. The predicted octanol–water partition coefficient (Wildman–Crippen LogP) is 0.132. The molecule has 0 unspecified atom stereocenters. The van der Waals surface area contributed by atoms with E-state index < -0.39 is 0 Å². The third-order valence-corrected chi connectivity index (χ3v) is 1.84. The molecule has 0 saturated carbocycles. The molecule has 6 nitrogen and oxygen atoms in total. The van der Waals surface area contributed by atoms with E-state index in [4.69, 9.17) is 10.9 Å². The van der Waals surface area contributed by atoms with Crippen LogP contribution in [0, 0.1) is 6.92 Å². The van der Waals surface area contributed by atoms with Crippen LogP contribution in [-0.4, -0.2) is 25.6 Å². The van der Waals surface area contributed by atoms with Gasteiger partial charge in [0.1, 0.15) is 11.5 Å². The van der Waals surface area contributed by atoms with E-state index in [1.807, 2.05) is 0 Å². The lowest BCUT2D eigenvalue weighted by Crippen LogP contribution is -2.17. The SMILES string of the molecule is Cc1nc2cccc(/C(N)=N\O)n2n1. The molecule has 0 amide bonds. The first-order valence-corrected chi connectivity index (χ1v) is 4.02. The molecule has 2 aromatic rings. The van der Waals surface area contributed by atoms with Crippen molar-refractivity contribution in [1.82, 2.24) is 14.6 Å². The molecular weight excluding hydrogens is 182 g/mol. The monoisotopic (exact) mass is 191 g/mol. The van der Waals surface area contributed by atoms with Crippen LogP contribution < -0.4 is 5.73 Å². The fourth-order valence-corrected chi connectivity index (χ4v) is 1.26. The van der Waals surface area contributed by atoms with Crippen LogP contribution in [-0.2, 0) is 0 Å². The topological polar surface area (TPSA) is 88.8 Å². The maximum absolute atomic E-state index is 8.56. The molecule has 2 heterocycles. The summed E-state index contributed by atoms with van der Waals surface area (Å²) in [5.41, 5.74) is 6.67. The zero-order valence-corrected chi connectivity index (χ0v) is 7.55. The molecule has 0 atom stereocenters. The first-order valence-electron chi connectivity index (χ1n) is 4.02. The smallest absolute Gasteiger partial charge is 0.188 e. The largest absolute Gasteiger partial charge is 0.409 e. The van der Waals surface area contributed by atoms with Crippen molar-refractivity contribution in [3.05, 3.63) is 29.7 Å². The van der Waals surface area contributed by atoms with Gasteiger partial charge in [-0.05, 0) is 19.1 Å². The van der Waals surface area contributed by atoms with Crippen LogP contribution in [0.3, 0.4) is 0 Å². The first kappa shape index (κ1) is 8.49. The van der Waals surface area contributed by atoms with Crippen LogP contribution in [0.25, 0.3) is 5.65 Å². The number of aryl methyl sites for hydroxylation is 1. The molecule has 0 aliphatic carbocycles. The van der Waals surface area contributed by atoms with Gasteiger partial charge in [-0.25, -0.2) is 9.50 Å². The van der Waals surface area contributed by atoms with Crippen molar-refractivity contribution in [3.63, 3.8) is 0 Å². The summed E-state index contributed by atoms with van der Waals surface area (Å²) in [4.78, 5) is 4.15. The summed E-state index contributed by atoms with van der Waals surface area (Å²) in [6.07, 6.45) is 0. The highest BCUT2D eigenvalue weighted by molar-refractivity contribution is 5.95. The minimum absolute atomic E-state index is 0.0144. The third-order valence-electron chi connectivity index (χ3n) is 1.84. The van der Waals surface area contributed by atoms with Gasteiger partial charge in [0.25, 0.3) is 0 Å². The summed E-state index contributed by atoms with van der Waals surface area (Å²) < 4.78 is 1.53. The maximum atomic E-state index is 8.56. The number of nitrogens with two attached hydrogens (primary N) is 1. The van der Waals surface area contributed by atoms with Gasteiger partial charge in [-0.2, -0.15) is 5.10 Å². The Morgan fingerprint density at radius 2 is 2.36 bits per heavy atom. The number of fused-ring (bicyclic) bond motifs is 1. The van der Waals surface area contributed by atoms with Crippen molar-refractivity contribution < 1.29 is 5.21 Å². The standard InChI is InChI=1S/C8H9N5O/c1-5-10-7-4-2-3-6(8(9)12-14)13(7)11-5/h2-4,14H,1H3,(H2,9,12). The van der Waals surface area contributed by atoms with E-state index in [1.54, 1.807) is 25.1 Å². The van der Waals surface area contributed by atoms with E-state index in [0.29, 0.717) is 17.2 Å². The van der Waals surface area contributed by atoms with Crippen LogP contribution in [0.2, 0.25) is 0 Å². The maximum Gasteiger partial charge on any atom is 0.188 e. The normalized spacial score (nSPS) is 12.2. The molecule has 14 heavy (non-hydrogen) atoms. The van der Waals surface area contributed by atoms with Crippen molar-refractivity contribution in [3.8, 4) is 0 Å². The molecule has 0 fully saturated rings. The molecule has 0 saturated heterocycles. The molecule has 0 aliphatic rings. The van der Waals surface area contributed by atoms with Gasteiger partial charge in [0.2, 0.25) is 0 Å². The average Bonchev–Trinajstić information content (AvgIpc) is 2.56. The molecule has 0 bridgehead atoms. The summed E-state index contributed by atoms with van der Waals surface area (Å²) in [5.74, 6) is 0.656. The minimum Gasteiger partial charge on any atom is -0.409 e. The number of pyridine rings is 1. The van der Waals surface area contributed by atoms with E-state index in [-0.39, 0.29) is 5.84 Å². The van der Waals surface area contributed by atoms with Gasteiger partial charge in [-0.3, -0.25) is 0 Å². The van der Waals surface area contributed by atoms with Crippen LogP contribution in [0.1, 0.15) is 11.5 Å². The summed E-state index contributed by atoms with van der Waals surface area (Å²) in [7, 11) is 0. The molecule has 0 aromatic carbocycles. The summed E-state index contributed by atoms with van der Waals surface area (Å²) in [6, 6.07) is 5.28. The number of aromatic nitrogens is 3. The quantitative estimate of drug-likeness (QED) is 0.290. The fourth-order valence-electron chi connectivity index (χ4n) is 1.26. The Hall–Kier alpha value is -2.11. The Kier molecular flexibility index (Phi) is 1.81. The van der Waals surface area contributed by atoms with Crippen LogP contribution in [0.4, 0.5) is 0 Å². The van der Waals surface area contributed by atoms with Gasteiger partial charge in [-0.1, -0.05) is 11.2 Å². The molecule has 6 heteroatoms. The van der Waals surface area contributed by atoms with Gasteiger partial charge >= 0.3 is 0 Å². The highest BCUT2D eigenvalue weighted by Crippen LogP contribution is 2.04. The van der Waals surface area contributed by atoms with E-state index in [1.165, 1.54) is 4.52 Å². The Morgan fingerprint density at radius 3 is 3.07 bits per heavy atom. The van der Waals surface area contributed by atoms with Crippen LogP contribution >= 0.6 is 0 Å². The van der Waals surface area contributed by atoms with E-state index in [2.05, 4.69) is 15.2 Å². The Labute approximate surface area is 79.7 Å². The second-order valence-electron chi connectivity index (χ2n) is 2.83. The molecule has 2 rings (SSSR count). The zero-order chi connectivity index (χ0) is 10.1. The molecule has 0 spiro atoms. The number of hydrogen-bond donors (Lipinski definition) is 2. The number of nitrogens with zero attached hydrogens (tertiary/aromatic N) is 4.